The van der Waals surface area contributed by atoms with Gasteiger partial charge in [-0.3, -0.25) is 0 Å². The summed E-state index contributed by atoms with van der Waals surface area (Å²) in [6, 6.07) is 8.48. The van der Waals surface area contributed by atoms with Gasteiger partial charge >= 0.3 is 0 Å². The molecular weight excluding hydrogens is 259 g/mol. The van der Waals surface area contributed by atoms with Crippen molar-refractivity contribution in [2.75, 3.05) is 0 Å². The summed E-state index contributed by atoms with van der Waals surface area (Å²) < 4.78 is 0. The average Bonchev–Trinajstić information content (AvgIpc) is 2.30. The van der Waals surface area contributed by atoms with Crippen molar-refractivity contribution in [2.24, 2.45) is 0 Å². The number of hydrogen-bond donors (Lipinski definition) is 2. The van der Waals surface area contributed by atoms with Crippen LogP contribution in [0.15, 0.2) is 30.3 Å². The molecule has 0 fully saturated rings. The highest BCUT2D eigenvalue weighted by atomic mass is 35.5. The monoisotopic (exact) mass is 268 g/mol. The maximum absolute atomic E-state index is 9.86. The van der Waals surface area contributed by atoms with Crippen LogP contribution in [0.4, 0.5) is 0 Å². The first-order chi connectivity index (χ1) is 8.00. The molecule has 0 unspecified atom stereocenters. The lowest BCUT2D eigenvalue weighted by atomic mass is 10.0. The van der Waals surface area contributed by atoms with Crippen molar-refractivity contribution < 1.29 is 10.2 Å². The minimum absolute atomic E-state index is 0.0563. The van der Waals surface area contributed by atoms with Crippen LogP contribution in [-0.2, 0) is 0 Å². The Morgan fingerprint density at radius 1 is 1.00 bits per heavy atom. The Balaban J connectivity index is 2.61. The zero-order valence-electron chi connectivity index (χ0n) is 9.04. The van der Waals surface area contributed by atoms with E-state index in [0.29, 0.717) is 10.6 Å². The predicted molar refractivity (Wildman–Crippen MR) is 70.0 cm³/mol. The third-order valence-electron chi connectivity index (χ3n) is 2.58. The van der Waals surface area contributed by atoms with E-state index in [2.05, 4.69) is 0 Å². The molecule has 2 rings (SSSR count). The van der Waals surface area contributed by atoms with Crippen molar-refractivity contribution in [3.05, 3.63) is 45.9 Å². The Morgan fingerprint density at radius 3 is 2.35 bits per heavy atom. The molecular formula is C13H10Cl2O2. The van der Waals surface area contributed by atoms with E-state index in [0.717, 1.165) is 11.1 Å². The lowest BCUT2D eigenvalue weighted by molar-refractivity contribution is 0.452. The first kappa shape index (κ1) is 12.1. The molecule has 0 atom stereocenters. The second-order valence-electron chi connectivity index (χ2n) is 3.76. The van der Waals surface area contributed by atoms with Crippen molar-refractivity contribution in [1.82, 2.24) is 0 Å². The lowest BCUT2D eigenvalue weighted by Gasteiger charge is -2.09. The van der Waals surface area contributed by atoms with Gasteiger partial charge in [-0.1, -0.05) is 35.3 Å². The van der Waals surface area contributed by atoms with Crippen LogP contribution < -0.4 is 0 Å². The Bertz CT molecular complexity index is 580. The zero-order chi connectivity index (χ0) is 12.6. The van der Waals surface area contributed by atoms with Crippen LogP contribution in [0.2, 0.25) is 10.0 Å². The molecule has 0 heterocycles. The van der Waals surface area contributed by atoms with E-state index in [1.807, 2.05) is 19.1 Å². The normalized spacial score (nSPS) is 10.5. The number of hydrogen-bond acceptors (Lipinski definition) is 2. The molecule has 0 saturated carbocycles. The fourth-order valence-electron chi connectivity index (χ4n) is 1.55. The minimum Gasteiger partial charge on any atom is -0.506 e. The van der Waals surface area contributed by atoms with Crippen LogP contribution >= 0.6 is 23.2 Å². The van der Waals surface area contributed by atoms with Crippen LogP contribution in [0, 0.1) is 6.92 Å². The van der Waals surface area contributed by atoms with Crippen molar-refractivity contribution >= 4 is 23.2 Å². The van der Waals surface area contributed by atoms with E-state index in [4.69, 9.17) is 23.2 Å². The first-order valence-corrected chi connectivity index (χ1v) is 5.73. The Morgan fingerprint density at radius 2 is 1.71 bits per heavy atom. The van der Waals surface area contributed by atoms with Crippen LogP contribution in [0.25, 0.3) is 11.1 Å². The molecule has 2 nitrogen and oxygen atoms in total. The number of benzene rings is 2. The van der Waals surface area contributed by atoms with E-state index in [-0.39, 0.29) is 16.5 Å². The van der Waals surface area contributed by atoms with Gasteiger partial charge in [0.2, 0.25) is 0 Å². The van der Waals surface area contributed by atoms with Gasteiger partial charge in [0.25, 0.3) is 0 Å². The molecule has 2 aromatic rings. The Hall–Kier alpha value is -1.38. The third kappa shape index (κ3) is 2.19. The lowest BCUT2D eigenvalue weighted by Crippen LogP contribution is -1.83. The summed E-state index contributed by atoms with van der Waals surface area (Å²) in [5.41, 5.74) is 2.24. The summed E-state index contributed by atoms with van der Waals surface area (Å²) in [4.78, 5) is 0. The van der Waals surface area contributed by atoms with Crippen molar-refractivity contribution in [2.45, 2.75) is 6.92 Å². The van der Waals surface area contributed by atoms with Gasteiger partial charge < -0.3 is 10.2 Å². The fourth-order valence-corrected chi connectivity index (χ4v) is 1.89. The molecule has 0 aromatic heterocycles. The van der Waals surface area contributed by atoms with E-state index in [1.165, 1.54) is 6.07 Å². The van der Waals surface area contributed by atoms with Gasteiger partial charge in [-0.15, -0.1) is 0 Å². The molecule has 0 aliphatic heterocycles. The highest BCUT2D eigenvalue weighted by Crippen LogP contribution is 2.41. The fraction of sp³-hybridized carbons (Fsp3) is 0.0769. The third-order valence-corrected chi connectivity index (χ3v) is 3.36. The number of rotatable bonds is 1. The molecule has 0 aliphatic rings. The predicted octanol–water partition coefficient (Wildman–Crippen LogP) is 4.38. The van der Waals surface area contributed by atoms with Gasteiger partial charge in [0, 0.05) is 10.6 Å². The standard InChI is InChI=1S/C13H10Cl2O2/c1-7-2-3-8(6-10(7)14)9-4-5-11(16)12(15)13(9)17/h2-6,16-17H,1H3. The molecule has 0 saturated heterocycles. The first-order valence-electron chi connectivity index (χ1n) is 4.97. The molecule has 0 bridgehead atoms. The van der Waals surface area contributed by atoms with Crippen LogP contribution in [-0.4, -0.2) is 10.2 Å². The number of phenols is 2. The number of aryl methyl sites for hydroxylation is 1. The van der Waals surface area contributed by atoms with Crippen molar-refractivity contribution in [3.8, 4) is 22.6 Å². The molecule has 88 valence electrons. The maximum atomic E-state index is 9.86. The zero-order valence-corrected chi connectivity index (χ0v) is 10.5. The van der Waals surface area contributed by atoms with Crippen LogP contribution in [0.5, 0.6) is 11.5 Å². The summed E-state index contributed by atoms with van der Waals surface area (Å²) in [5, 5.41) is 19.8. The number of phenolic OH excluding ortho intramolecular Hbond substituents is 2. The number of aromatic hydroxyl groups is 2. The highest BCUT2D eigenvalue weighted by molar-refractivity contribution is 6.34. The molecule has 0 amide bonds. The highest BCUT2D eigenvalue weighted by Gasteiger charge is 2.12. The average molecular weight is 269 g/mol. The van der Waals surface area contributed by atoms with E-state index >= 15 is 0 Å². The largest absolute Gasteiger partial charge is 0.506 e. The maximum Gasteiger partial charge on any atom is 0.145 e. The van der Waals surface area contributed by atoms with E-state index < -0.39 is 0 Å². The van der Waals surface area contributed by atoms with Gasteiger partial charge in [-0.05, 0) is 36.2 Å². The van der Waals surface area contributed by atoms with Gasteiger partial charge in [0.05, 0.1) is 0 Å². The molecule has 2 N–H and O–H groups in total. The summed E-state index contributed by atoms with van der Waals surface area (Å²) in [5.74, 6) is -0.294. The second kappa shape index (κ2) is 4.47. The summed E-state index contributed by atoms with van der Waals surface area (Å²) in [7, 11) is 0. The van der Waals surface area contributed by atoms with E-state index in [1.54, 1.807) is 12.1 Å². The SMILES string of the molecule is Cc1ccc(-c2ccc(O)c(Cl)c2O)cc1Cl. The molecule has 0 aliphatic carbocycles. The topological polar surface area (TPSA) is 40.5 Å². The Kier molecular flexibility index (Phi) is 3.18. The molecule has 17 heavy (non-hydrogen) atoms. The van der Waals surface area contributed by atoms with Gasteiger partial charge in [0.15, 0.2) is 0 Å². The minimum atomic E-state index is -0.147. The molecule has 0 radical (unpaired) electrons. The smallest absolute Gasteiger partial charge is 0.145 e. The molecule has 4 heteroatoms. The summed E-state index contributed by atoms with van der Waals surface area (Å²) in [6.07, 6.45) is 0. The molecule has 2 aromatic carbocycles. The van der Waals surface area contributed by atoms with Crippen LogP contribution in [0.1, 0.15) is 5.56 Å². The Labute approximate surface area is 109 Å². The molecule has 0 spiro atoms. The van der Waals surface area contributed by atoms with E-state index in [9.17, 15) is 10.2 Å². The summed E-state index contributed by atoms with van der Waals surface area (Å²) in [6.45, 7) is 1.90. The van der Waals surface area contributed by atoms with Crippen molar-refractivity contribution in [3.63, 3.8) is 0 Å². The van der Waals surface area contributed by atoms with Crippen LogP contribution in [0.3, 0.4) is 0 Å². The van der Waals surface area contributed by atoms with Gasteiger partial charge in [-0.25, -0.2) is 0 Å². The summed E-state index contributed by atoms with van der Waals surface area (Å²) >= 11 is 11.8. The quantitative estimate of drug-likeness (QED) is 0.806. The van der Waals surface area contributed by atoms with Gasteiger partial charge in [-0.2, -0.15) is 0 Å². The van der Waals surface area contributed by atoms with Gasteiger partial charge in [0.1, 0.15) is 16.5 Å². The second-order valence-corrected chi connectivity index (χ2v) is 4.54. The van der Waals surface area contributed by atoms with Crippen molar-refractivity contribution in [1.29, 1.82) is 0 Å². The number of halogens is 2.